The molecule has 0 saturated carbocycles. The quantitative estimate of drug-likeness (QED) is 0.623. The summed E-state index contributed by atoms with van der Waals surface area (Å²) < 4.78 is 7.07. The number of piperazine rings is 1. The van der Waals surface area contributed by atoms with Crippen molar-refractivity contribution in [3.05, 3.63) is 78.1 Å². The van der Waals surface area contributed by atoms with E-state index in [1.54, 1.807) is 0 Å². The van der Waals surface area contributed by atoms with Crippen LogP contribution in [0.5, 0.6) is 0 Å². The van der Waals surface area contributed by atoms with Crippen LogP contribution in [-0.4, -0.2) is 55.8 Å². The zero-order chi connectivity index (χ0) is 20.2. The van der Waals surface area contributed by atoms with Gasteiger partial charge in [-0.3, -0.25) is 0 Å². The Morgan fingerprint density at radius 1 is 0.931 bits per heavy atom. The molecular weight excluding hydrogens is 362 g/mol. The first-order valence-electron chi connectivity index (χ1n) is 10.00. The van der Waals surface area contributed by atoms with Gasteiger partial charge in [-0.2, -0.15) is 0 Å². The van der Waals surface area contributed by atoms with Crippen LogP contribution in [0.3, 0.4) is 0 Å². The lowest BCUT2D eigenvalue weighted by Gasteiger charge is -2.34. The minimum atomic E-state index is -0.310. The van der Waals surface area contributed by atoms with Gasteiger partial charge in [0.2, 0.25) is 0 Å². The Morgan fingerprint density at radius 2 is 1.62 bits per heavy atom. The number of benzene rings is 2. The number of anilines is 1. The van der Waals surface area contributed by atoms with Gasteiger partial charge in [0.05, 0.1) is 12.7 Å². The van der Waals surface area contributed by atoms with Crippen LogP contribution in [0.4, 0.5) is 5.69 Å². The van der Waals surface area contributed by atoms with Crippen LogP contribution in [0.1, 0.15) is 15.9 Å². The van der Waals surface area contributed by atoms with Crippen LogP contribution in [0.25, 0.3) is 11.1 Å². The molecule has 150 valence electrons. The van der Waals surface area contributed by atoms with E-state index in [0.717, 1.165) is 37.3 Å². The summed E-state index contributed by atoms with van der Waals surface area (Å²) in [6.45, 7) is 4.95. The van der Waals surface area contributed by atoms with Gasteiger partial charge in [0.15, 0.2) is 0 Å². The van der Waals surface area contributed by atoms with Crippen molar-refractivity contribution < 1.29 is 9.53 Å². The second-order valence-corrected chi connectivity index (χ2v) is 7.57. The number of carbonyl (C=O) groups excluding carboxylic acids is 1. The molecule has 1 saturated heterocycles. The maximum Gasteiger partial charge on any atom is 0.340 e. The molecular formula is C24H27N3O2. The highest BCUT2D eigenvalue weighted by atomic mass is 16.5. The lowest BCUT2D eigenvalue weighted by molar-refractivity contribution is 0.0601. The Balaban J connectivity index is 1.60. The summed E-state index contributed by atoms with van der Waals surface area (Å²) in [4.78, 5) is 17.1. The third kappa shape index (κ3) is 4.35. The number of esters is 1. The Hall–Kier alpha value is -3.05. The molecule has 0 radical (unpaired) electrons. The van der Waals surface area contributed by atoms with Gasteiger partial charge >= 0.3 is 5.97 Å². The number of aromatic nitrogens is 1. The van der Waals surface area contributed by atoms with Crippen LogP contribution in [0, 0.1) is 0 Å². The van der Waals surface area contributed by atoms with Gasteiger partial charge in [0.1, 0.15) is 0 Å². The third-order valence-electron chi connectivity index (χ3n) is 5.54. The summed E-state index contributed by atoms with van der Waals surface area (Å²) in [7, 11) is 3.59. The standard InChI is InChI=1S/C24H27N3O2/c1-25-12-14-27(15-13-25)21-10-8-20(9-11-21)22-17-26(18-23(22)24(28)29-2)16-19-6-4-3-5-7-19/h3-11,17-18H,12-16H2,1-2H3. The number of rotatable bonds is 5. The highest BCUT2D eigenvalue weighted by molar-refractivity contribution is 5.97. The van der Waals surface area contributed by atoms with Gasteiger partial charge in [0.25, 0.3) is 0 Å². The molecule has 4 rings (SSSR count). The van der Waals surface area contributed by atoms with Crippen LogP contribution >= 0.6 is 0 Å². The summed E-state index contributed by atoms with van der Waals surface area (Å²) in [5.74, 6) is -0.310. The van der Waals surface area contributed by atoms with Crippen LogP contribution < -0.4 is 4.90 Å². The molecule has 2 heterocycles. The van der Waals surface area contributed by atoms with Crippen molar-refractivity contribution in [2.45, 2.75) is 6.54 Å². The van der Waals surface area contributed by atoms with E-state index >= 15 is 0 Å². The van der Waals surface area contributed by atoms with Crippen LogP contribution in [0.2, 0.25) is 0 Å². The molecule has 1 aliphatic rings. The summed E-state index contributed by atoms with van der Waals surface area (Å²) in [5, 5.41) is 0. The predicted octanol–water partition coefficient (Wildman–Crippen LogP) is 3.74. The lowest BCUT2D eigenvalue weighted by atomic mass is 10.0. The number of nitrogens with zero attached hydrogens (tertiary/aromatic N) is 3. The van der Waals surface area contributed by atoms with E-state index in [2.05, 4.69) is 53.2 Å². The fraction of sp³-hybridized carbons (Fsp3) is 0.292. The number of ether oxygens (including phenoxy) is 1. The Morgan fingerprint density at radius 3 is 2.28 bits per heavy atom. The number of hydrogen-bond donors (Lipinski definition) is 0. The van der Waals surface area contributed by atoms with Crippen molar-refractivity contribution in [1.29, 1.82) is 0 Å². The smallest absolute Gasteiger partial charge is 0.340 e. The molecule has 0 aliphatic carbocycles. The second kappa shape index (κ2) is 8.53. The monoisotopic (exact) mass is 389 g/mol. The first-order chi connectivity index (χ1) is 14.1. The van der Waals surface area contributed by atoms with Crippen LogP contribution in [-0.2, 0) is 11.3 Å². The molecule has 3 aromatic rings. The zero-order valence-corrected chi connectivity index (χ0v) is 17.0. The Bertz CT molecular complexity index is 956. The highest BCUT2D eigenvalue weighted by Crippen LogP contribution is 2.28. The summed E-state index contributed by atoms with van der Waals surface area (Å²) >= 11 is 0. The first kappa shape index (κ1) is 19.3. The maximum atomic E-state index is 12.4. The van der Waals surface area contributed by atoms with Gasteiger partial charge < -0.3 is 19.1 Å². The average molecular weight is 389 g/mol. The zero-order valence-electron chi connectivity index (χ0n) is 17.0. The van der Waals surface area contributed by atoms with E-state index < -0.39 is 0 Å². The van der Waals surface area contributed by atoms with Gasteiger partial charge in [0, 0.05) is 56.4 Å². The van der Waals surface area contributed by atoms with Crippen molar-refractivity contribution in [3.8, 4) is 11.1 Å². The molecule has 1 aromatic heterocycles. The molecule has 5 nitrogen and oxygen atoms in total. The normalized spacial score (nSPS) is 14.8. The molecule has 0 amide bonds. The fourth-order valence-corrected chi connectivity index (χ4v) is 3.81. The molecule has 2 aromatic carbocycles. The molecule has 0 unspecified atom stereocenters. The number of carbonyl (C=O) groups is 1. The van der Waals surface area contributed by atoms with Crippen LogP contribution in [0.15, 0.2) is 67.0 Å². The summed E-state index contributed by atoms with van der Waals surface area (Å²) in [5.41, 5.74) is 4.93. The molecule has 0 bridgehead atoms. The number of likely N-dealkylation sites (N-methyl/N-ethyl adjacent to an activating group) is 1. The van der Waals surface area contributed by atoms with E-state index in [1.807, 2.05) is 35.2 Å². The minimum Gasteiger partial charge on any atom is -0.465 e. The lowest BCUT2D eigenvalue weighted by Crippen LogP contribution is -2.44. The summed E-state index contributed by atoms with van der Waals surface area (Å²) in [6.07, 6.45) is 3.91. The maximum absolute atomic E-state index is 12.4. The van der Waals surface area contributed by atoms with Gasteiger partial charge in [-0.05, 0) is 30.3 Å². The average Bonchev–Trinajstić information content (AvgIpc) is 3.18. The molecule has 0 spiro atoms. The van der Waals surface area contributed by atoms with Crippen molar-refractivity contribution >= 4 is 11.7 Å². The topological polar surface area (TPSA) is 37.7 Å². The fourth-order valence-electron chi connectivity index (χ4n) is 3.81. The molecule has 1 aliphatic heterocycles. The van der Waals surface area contributed by atoms with Crippen molar-refractivity contribution in [3.63, 3.8) is 0 Å². The molecule has 5 heteroatoms. The minimum absolute atomic E-state index is 0.310. The largest absolute Gasteiger partial charge is 0.465 e. The predicted molar refractivity (Wildman–Crippen MR) is 116 cm³/mol. The summed E-state index contributed by atoms with van der Waals surface area (Å²) in [6, 6.07) is 18.7. The van der Waals surface area contributed by atoms with E-state index in [0.29, 0.717) is 12.1 Å². The van der Waals surface area contributed by atoms with Crippen molar-refractivity contribution in [2.75, 3.05) is 45.2 Å². The number of methoxy groups -OCH3 is 1. The molecule has 29 heavy (non-hydrogen) atoms. The number of hydrogen-bond acceptors (Lipinski definition) is 4. The van der Waals surface area contributed by atoms with E-state index in [4.69, 9.17) is 4.74 Å². The Kier molecular flexibility index (Phi) is 5.67. The van der Waals surface area contributed by atoms with Gasteiger partial charge in [-0.1, -0.05) is 42.5 Å². The molecule has 0 N–H and O–H groups in total. The van der Waals surface area contributed by atoms with Crippen molar-refractivity contribution in [2.24, 2.45) is 0 Å². The highest BCUT2D eigenvalue weighted by Gasteiger charge is 2.18. The molecule has 0 atom stereocenters. The van der Waals surface area contributed by atoms with Gasteiger partial charge in [-0.15, -0.1) is 0 Å². The first-order valence-corrected chi connectivity index (χ1v) is 10.00. The SMILES string of the molecule is COC(=O)c1cn(Cc2ccccc2)cc1-c1ccc(N2CCN(C)CC2)cc1. The van der Waals surface area contributed by atoms with E-state index in [-0.39, 0.29) is 5.97 Å². The van der Waals surface area contributed by atoms with Crippen molar-refractivity contribution in [1.82, 2.24) is 9.47 Å². The Labute approximate surface area is 172 Å². The van der Waals surface area contributed by atoms with E-state index in [9.17, 15) is 4.79 Å². The third-order valence-corrected chi connectivity index (χ3v) is 5.54. The van der Waals surface area contributed by atoms with Gasteiger partial charge in [-0.25, -0.2) is 4.79 Å². The second-order valence-electron chi connectivity index (χ2n) is 7.57. The molecule has 1 fully saturated rings. The van der Waals surface area contributed by atoms with E-state index in [1.165, 1.54) is 18.4 Å².